The van der Waals surface area contributed by atoms with E-state index in [-0.39, 0.29) is 11.2 Å². The maximum absolute atomic E-state index is 9.85. The van der Waals surface area contributed by atoms with Crippen LogP contribution in [-0.2, 0) is 5.41 Å². The number of aromatic nitrogens is 7. The number of phenols is 1. The Morgan fingerprint density at radius 2 is 1.29 bits per heavy atom. The summed E-state index contributed by atoms with van der Waals surface area (Å²) in [6.07, 6.45) is 3.46. The molecule has 0 unspecified atom stereocenters. The van der Waals surface area contributed by atoms with Gasteiger partial charge in [0.2, 0.25) is 0 Å². The predicted molar refractivity (Wildman–Crippen MR) is 189 cm³/mol. The van der Waals surface area contributed by atoms with Gasteiger partial charge in [-0.15, -0.1) is 0 Å². The molecule has 0 aliphatic rings. The summed E-state index contributed by atoms with van der Waals surface area (Å²) in [5, 5.41) is 25.5. The number of fused-ring (bicyclic) bond motifs is 2. The SMILES string of the molecule is COc1cc(OC)cc(-c2cc(-c3ccncc3)nc3n[nH]c(N)c23)c1.Cc1ccc(O)cc1-c1cc(C(C)(C)C)nc2n[nH]c(N)c12. The van der Waals surface area contributed by atoms with Crippen LogP contribution in [-0.4, -0.2) is 54.7 Å². The minimum atomic E-state index is -0.110. The van der Waals surface area contributed by atoms with Crippen LogP contribution in [0.2, 0.25) is 0 Å². The fourth-order valence-corrected chi connectivity index (χ4v) is 5.45. The second kappa shape index (κ2) is 12.6. The van der Waals surface area contributed by atoms with Gasteiger partial charge in [0.1, 0.15) is 28.9 Å². The van der Waals surface area contributed by atoms with E-state index >= 15 is 0 Å². The zero-order chi connectivity index (χ0) is 34.2. The van der Waals surface area contributed by atoms with E-state index in [1.54, 1.807) is 38.7 Å². The summed E-state index contributed by atoms with van der Waals surface area (Å²) in [5.74, 6) is 2.56. The number of nitrogens with zero attached hydrogens (tertiary/aromatic N) is 5. The molecule has 0 radical (unpaired) electrons. The van der Waals surface area contributed by atoms with Crippen molar-refractivity contribution in [1.82, 2.24) is 35.3 Å². The monoisotopic (exact) mass is 643 g/mol. The second-order valence-corrected chi connectivity index (χ2v) is 12.4. The molecule has 0 saturated carbocycles. The number of ether oxygens (including phenoxy) is 2. The van der Waals surface area contributed by atoms with Crippen LogP contribution in [0.1, 0.15) is 32.0 Å². The largest absolute Gasteiger partial charge is 0.508 e. The van der Waals surface area contributed by atoms with Crippen molar-refractivity contribution >= 4 is 33.7 Å². The fourth-order valence-electron chi connectivity index (χ4n) is 5.45. The molecule has 5 heterocycles. The molecule has 7 rings (SSSR count). The molecule has 5 aromatic heterocycles. The summed E-state index contributed by atoms with van der Waals surface area (Å²) in [7, 11) is 3.24. The first-order valence-corrected chi connectivity index (χ1v) is 15.2. The van der Waals surface area contributed by atoms with Gasteiger partial charge in [0.05, 0.1) is 30.7 Å². The molecular weight excluding hydrogens is 606 g/mol. The maximum atomic E-state index is 9.85. The van der Waals surface area contributed by atoms with Crippen molar-refractivity contribution in [2.24, 2.45) is 0 Å². The van der Waals surface area contributed by atoms with Gasteiger partial charge >= 0.3 is 0 Å². The lowest BCUT2D eigenvalue weighted by atomic mass is 9.88. The summed E-state index contributed by atoms with van der Waals surface area (Å²) in [5.41, 5.74) is 20.6. The van der Waals surface area contributed by atoms with Crippen molar-refractivity contribution in [3.05, 3.63) is 84.3 Å². The van der Waals surface area contributed by atoms with Gasteiger partial charge in [0.15, 0.2) is 11.3 Å². The number of H-pyrrole nitrogens is 2. The zero-order valence-corrected chi connectivity index (χ0v) is 27.6. The third-order valence-electron chi connectivity index (χ3n) is 8.02. The highest BCUT2D eigenvalue weighted by molar-refractivity contribution is 6.02. The number of aromatic hydroxyl groups is 1. The zero-order valence-electron chi connectivity index (χ0n) is 27.6. The Kier molecular flexibility index (Phi) is 8.32. The first kappa shape index (κ1) is 31.8. The molecule has 244 valence electrons. The topological polar surface area (TPSA) is 187 Å². The Labute approximate surface area is 277 Å². The van der Waals surface area contributed by atoms with Crippen molar-refractivity contribution in [2.45, 2.75) is 33.1 Å². The van der Waals surface area contributed by atoms with Gasteiger partial charge in [-0.3, -0.25) is 15.2 Å². The molecule has 0 fully saturated rings. The van der Waals surface area contributed by atoms with Crippen LogP contribution < -0.4 is 20.9 Å². The smallest absolute Gasteiger partial charge is 0.184 e. The molecule has 12 heteroatoms. The normalized spacial score (nSPS) is 11.4. The average Bonchev–Trinajstić information content (AvgIpc) is 3.66. The van der Waals surface area contributed by atoms with E-state index in [2.05, 4.69) is 56.1 Å². The molecule has 2 aromatic carbocycles. The van der Waals surface area contributed by atoms with Crippen LogP contribution >= 0.6 is 0 Å². The number of nitrogens with one attached hydrogen (secondary N) is 2. The van der Waals surface area contributed by atoms with Crippen molar-refractivity contribution in [3.63, 3.8) is 0 Å². The van der Waals surface area contributed by atoms with Crippen LogP contribution in [0, 0.1) is 6.92 Å². The molecule has 0 saturated heterocycles. The highest BCUT2D eigenvalue weighted by Crippen LogP contribution is 2.39. The Bertz CT molecular complexity index is 2230. The lowest BCUT2D eigenvalue weighted by molar-refractivity contribution is 0.394. The highest BCUT2D eigenvalue weighted by Gasteiger charge is 2.22. The molecule has 7 N–H and O–H groups in total. The molecule has 12 nitrogen and oxygen atoms in total. The van der Waals surface area contributed by atoms with Crippen LogP contribution in [0.4, 0.5) is 11.6 Å². The number of nitrogens with two attached hydrogens (primary N) is 2. The third-order valence-corrected chi connectivity index (χ3v) is 8.02. The summed E-state index contributed by atoms with van der Waals surface area (Å²) in [4.78, 5) is 13.3. The Hall–Kier alpha value is -6.17. The Morgan fingerprint density at radius 1 is 0.688 bits per heavy atom. The number of methoxy groups -OCH3 is 2. The van der Waals surface area contributed by atoms with Crippen molar-refractivity contribution in [2.75, 3.05) is 25.7 Å². The van der Waals surface area contributed by atoms with Gasteiger partial charge in [-0.2, -0.15) is 10.2 Å². The Morgan fingerprint density at radius 3 is 1.90 bits per heavy atom. The number of pyridine rings is 3. The summed E-state index contributed by atoms with van der Waals surface area (Å²) < 4.78 is 10.8. The van der Waals surface area contributed by atoms with E-state index in [1.807, 2.05) is 55.5 Å². The maximum Gasteiger partial charge on any atom is 0.184 e. The molecule has 0 aliphatic heterocycles. The van der Waals surface area contributed by atoms with Gasteiger partial charge in [0, 0.05) is 35.1 Å². The minimum absolute atomic E-state index is 0.110. The van der Waals surface area contributed by atoms with Gasteiger partial charge in [-0.1, -0.05) is 26.8 Å². The number of anilines is 2. The van der Waals surface area contributed by atoms with E-state index in [1.165, 1.54) is 0 Å². The molecule has 0 amide bonds. The fraction of sp³-hybridized carbons (Fsp3) is 0.194. The first-order chi connectivity index (χ1) is 23.0. The number of hydrogen-bond donors (Lipinski definition) is 5. The molecule has 48 heavy (non-hydrogen) atoms. The van der Waals surface area contributed by atoms with Crippen molar-refractivity contribution in [1.29, 1.82) is 0 Å². The average molecular weight is 644 g/mol. The van der Waals surface area contributed by atoms with E-state index in [0.29, 0.717) is 34.4 Å². The summed E-state index contributed by atoms with van der Waals surface area (Å²) in [6, 6.07) is 18.8. The molecule has 7 aromatic rings. The number of benzene rings is 2. The highest BCUT2D eigenvalue weighted by atomic mass is 16.5. The lowest BCUT2D eigenvalue weighted by Crippen LogP contribution is -2.13. The predicted octanol–water partition coefficient (Wildman–Crippen LogP) is 6.80. The second-order valence-electron chi connectivity index (χ2n) is 12.4. The number of nitrogen functional groups attached to an aromatic ring is 2. The Balaban J connectivity index is 0.000000170. The van der Waals surface area contributed by atoms with E-state index in [4.69, 9.17) is 20.9 Å². The summed E-state index contributed by atoms with van der Waals surface area (Å²) >= 11 is 0. The standard InChI is InChI=1S/C19H17N5O2.C17H20N4O/c1-25-13-7-12(8-14(9-13)26-2)15-10-16(11-3-5-21-6-4-11)22-19-17(15)18(20)23-24-19;1-9-5-6-10(22)7-11(9)12-8-13(17(2,3)4)19-16-14(12)15(18)20-21-16/h3-10H,1-2H3,(H3,20,22,23,24);5-8,22H,1-4H3,(H3,18,19,20,21). The minimum Gasteiger partial charge on any atom is -0.508 e. The van der Waals surface area contributed by atoms with Crippen LogP contribution in [0.25, 0.3) is 55.6 Å². The summed E-state index contributed by atoms with van der Waals surface area (Å²) in [6.45, 7) is 8.33. The van der Waals surface area contributed by atoms with Crippen LogP contribution in [0.15, 0.2) is 73.1 Å². The number of phenolic OH excluding ortho intramolecular Hbond substituents is 1. The lowest BCUT2D eigenvalue weighted by Gasteiger charge is -2.19. The van der Waals surface area contributed by atoms with Gasteiger partial charge in [-0.25, -0.2) is 9.97 Å². The van der Waals surface area contributed by atoms with Gasteiger partial charge in [-0.05, 0) is 83.3 Å². The van der Waals surface area contributed by atoms with Crippen molar-refractivity contribution in [3.8, 4) is 50.8 Å². The molecule has 0 bridgehead atoms. The van der Waals surface area contributed by atoms with E-state index in [0.717, 1.165) is 55.5 Å². The van der Waals surface area contributed by atoms with E-state index < -0.39 is 0 Å². The van der Waals surface area contributed by atoms with Crippen LogP contribution in [0.5, 0.6) is 17.2 Å². The molecule has 0 spiro atoms. The number of hydrogen-bond acceptors (Lipinski definition) is 10. The molecule has 0 atom stereocenters. The third kappa shape index (κ3) is 6.15. The first-order valence-electron chi connectivity index (χ1n) is 15.2. The number of rotatable bonds is 5. The van der Waals surface area contributed by atoms with Gasteiger partial charge in [0.25, 0.3) is 0 Å². The molecular formula is C36H37N9O3. The van der Waals surface area contributed by atoms with Crippen molar-refractivity contribution < 1.29 is 14.6 Å². The number of aryl methyl sites for hydroxylation is 1. The quantitative estimate of drug-likeness (QED) is 0.133. The van der Waals surface area contributed by atoms with Crippen LogP contribution in [0.3, 0.4) is 0 Å². The van der Waals surface area contributed by atoms with E-state index in [9.17, 15) is 5.11 Å². The molecule has 0 aliphatic carbocycles. The van der Waals surface area contributed by atoms with Gasteiger partial charge < -0.3 is 26.0 Å². The number of aromatic amines is 2.